The number of aromatic nitrogens is 2. The van der Waals surface area contributed by atoms with Gasteiger partial charge in [-0.2, -0.15) is 5.10 Å². The van der Waals surface area contributed by atoms with Gasteiger partial charge in [0.25, 0.3) is 0 Å². The highest BCUT2D eigenvalue weighted by Crippen LogP contribution is 2.22. The van der Waals surface area contributed by atoms with Crippen LogP contribution in [0, 0.1) is 0 Å². The number of rotatable bonds is 5. The van der Waals surface area contributed by atoms with Gasteiger partial charge in [-0.15, -0.1) is 0 Å². The summed E-state index contributed by atoms with van der Waals surface area (Å²) in [6.45, 7) is 1.39. The molecule has 0 aliphatic carbocycles. The predicted octanol–water partition coefficient (Wildman–Crippen LogP) is 1.30. The summed E-state index contributed by atoms with van der Waals surface area (Å²) in [6, 6.07) is 6.87. The van der Waals surface area contributed by atoms with Gasteiger partial charge in [-0.25, -0.2) is 8.42 Å². The van der Waals surface area contributed by atoms with E-state index in [1.54, 1.807) is 24.4 Å². The minimum Gasteiger partial charge on any atom is -0.330 e. The van der Waals surface area contributed by atoms with Gasteiger partial charge in [-0.05, 0) is 30.7 Å². The molecule has 0 radical (unpaired) electrons. The maximum absolute atomic E-state index is 11.5. The summed E-state index contributed by atoms with van der Waals surface area (Å²) >= 11 is 0. The molecule has 0 spiro atoms. The predicted molar refractivity (Wildman–Crippen MR) is 74.4 cm³/mol. The minimum atomic E-state index is -3.18. The van der Waals surface area contributed by atoms with E-state index in [2.05, 4.69) is 5.10 Å². The standard InChI is InChI=1S/C13H17N3O2S/c1-19(17,18)13-5-2-4-11(8-13)12-9-15-16(10-12)7-3-6-14/h2,4-5,8-10H,3,6-7,14H2,1H3. The summed E-state index contributed by atoms with van der Waals surface area (Å²) in [5, 5.41) is 4.23. The number of benzene rings is 1. The second-order valence-corrected chi connectivity index (χ2v) is 6.45. The van der Waals surface area contributed by atoms with E-state index >= 15 is 0 Å². The topological polar surface area (TPSA) is 78.0 Å². The number of nitrogens with zero attached hydrogens (tertiary/aromatic N) is 2. The molecule has 0 atom stereocenters. The molecule has 1 aromatic carbocycles. The Hall–Kier alpha value is -1.66. The van der Waals surface area contributed by atoms with Crippen LogP contribution in [0.5, 0.6) is 0 Å². The van der Waals surface area contributed by atoms with Crippen molar-refractivity contribution < 1.29 is 8.42 Å². The summed E-state index contributed by atoms with van der Waals surface area (Å²) in [4.78, 5) is 0.319. The zero-order valence-electron chi connectivity index (χ0n) is 10.8. The van der Waals surface area contributed by atoms with E-state index in [1.807, 2.05) is 16.9 Å². The Morgan fingerprint density at radius 3 is 2.79 bits per heavy atom. The zero-order valence-corrected chi connectivity index (χ0v) is 11.6. The lowest BCUT2D eigenvalue weighted by Gasteiger charge is -2.01. The third-order valence-corrected chi connectivity index (χ3v) is 3.93. The second-order valence-electron chi connectivity index (χ2n) is 4.43. The highest BCUT2D eigenvalue weighted by atomic mass is 32.2. The van der Waals surface area contributed by atoms with E-state index in [9.17, 15) is 8.42 Å². The summed E-state index contributed by atoms with van der Waals surface area (Å²) in [7, 11) is -3.18. The molecule has 0 aliphatic rings. The fourth-order valence-electron chi connectivity index (χ4n) is 1.79. The third kappa shape index (κ3) is 3.42. The first-order chi connectivity index (χ1) is 9.00. The van der Waals surface area contributed by atoms with Crippen molar-refractivity contribution in [3.05, 3.63) is 36.7 Å². The lowest BCUT2D eigenvalue weighted by atomic mass is 10.1. The van der Waals surface area contributed by atoms with Crippen LogP contribution in [0.1, 0.15) is 6.42 Å². The van der Waals surface area contributed by atoms with Gasteiger partial charge in [-0.1, -0.05) is 12.1 Å². The number of hydrogen-bond donors (Lipinski definition) is 1. The monoisotopic (exact) mass is 279 g/mol. The molecule has 0 amide bonds. The van der Waals surface area contributed by atoms with E-state index in [0.717, 1.165) is 24.1 Å². The lowest BCUT2D eigenvalue weighted by Crippen LogP contribution is -2.05. The minimum absolute atomic E-state index is 0.319. The van der Waals surface area contributed by atoms with Gasteiger partial charge in [0.2, 0.25) is 0 Å². The third-order valence-electron chi connectivity index (χ3n) is 2.82. The molecule has 5 nitrogen and oxygen atoms in total. The molecular formula is C13H17N3O2S. The van der Waals surface area contributed by atoms with Gasteiger partial charge in [-0.3, -0.25) is 4.68 Å². The van der Waals surface area contributed by atoms with E-state index in [-0.39, 0.29) is 0 Å². The molecule has 0 saturated carbocycles. The van der Waals surface area contributed by atoms with Gasteiger partial charge >= 0.3 is 0 Å². The first-order valence-electron chi connectivity index (χ1n) is 6.04. The van der Waals surface area contributed by atoms with Crippen molar-refractivity contribution in [1.82, 2.24) is 9.78 Å². The highest BCUT2D eigenvalue weighted by molar-refractivity contribution is 7.90. The number of sulfone groups is 1. The van der Waals surface area contributed by atoms with Gasteiger partial charge < -0.3 is 5.73 Å². The summed E-state index contributed by atoms with van der Waals surface area (Å²) in [6.07, 6.45) is 5.70. The van der Waals surface area contributed by atoms with Crippen molar-refractivity contribution in [2.24, 2.45) is 5.73 Å². The van der Waals surface area contributed by atoms with Crippen LogP contribution >= 0.6 is 0 Å². The van der Waals surface area contributed by atoms with Crippen LogP contribution in [0.25, 0.3) is 11.1 Å². The molecule has 6 heteroatoms. The Balaban J connectivity index is 2.29. The maximum atomic E-state index is 11.5. The number of hydrogen-bond acceptors (Lipinski definition) is 4. The molecule has 0 aliphatic heterocycles. The molecule has 0 bridgehead atoms. The van der Waals surface area contributed by atoms with Gasteiger partial charge in [0.05, 0.1) is 11.1 Å². The van der Waals surface area contributed by atoms with Crippen molar-refractivity contribution >= 4 is 9.84 Å². The van der Waals surface area contributed by atoms with E-state index in [4.69, 9.17) is 5.73 Å². The van der Waals surface area contributed by atoms with Crippen molar-refractivity contribution in [2.75, 3.05) is 12.8 Å². The van der Waals surface area contributed by atoms with Crippen molar-refractivity contribution in [2.45, 2.75) is 17.9 Å². The van der Waals surface area contributed by atoms with Crippen molar-refractivity contribution in [3.8, 4) is 11.1 Å². The van der Waals surface area contributed by atoms with Crippen LogP contribution in [-0.2, 0) is 16.4 Å². The molecule has 19 heavy (non-hydrogen) atoms. The van der Waals surface area contributed by atoms with Crippen LogP contribution in [0.4, 0.5) is 0 Å². The Morgan fingerprint density at radius 1 is 1.32 bits per heavy atom. The highest BCUT2D eigenvalue weighted by Gasteiger charge is 2.09. The average Bonchev–Trinajstić information content (AvgIpc) is 2.84. The molecule has 0 fully saturated rings. The van der Waals surface area contributed by atoms with Crippen molar-refractivity contribution in [1.29, 1.82) is 0 Å². The average molecular weight is 279 g/mol. The molecular weight excluding hydrogens is 262 g/mol. The first kappa shape index (κ1) is 13.8. The van der Waals surface area contributed by atoms with Crippen LogP contribution in [0.3, 0.4) is 0 Å². The first-order valence-corrected chi connectivity index (χ1v) is 7.93. The molecule has 2 N–H and O–H groups in total. The summed E-state index contributed by atoms with van der Waals surface area (Å²) < 4.78 is 24.9. The normalized spacial score (nSPS) is 11.7. The van der Waals surface area contributed by atoms with E-state index in [1.165, 1.54) is 6.26 Å². The van der Waals surface area contributed by atoms with E-state index in [0.29, 0.717) is 11.4 Å². The van der Waals surface area contributed by atoms with E-state index < -0.39 is 9.84 Å². The summed E-state index contributed by atoms with van der Waals surface area (Å²) in [5.41, 5.74) is 7.21. The number of nitrogens with two attached hydrogens (primary N) is 1. The Kier molecular flexibility index (Phi) is 4.01. The fourth-order valence-corrected chi connectivity index (χ4v) is 2.46. The molecule has 0 saturated heterocycles. The van der Waals surface area contributed by atoms with Gasteiger partial charge in [0.1, 0.15) is 0 Å². The Labute approximate surface area is 113 Å². The Bertz CT molecular complexity index is 662. The van der Waals surface area contributed by atoms with Gasteiger partial charge in [0, 0.05) is 24.6 Å². The summed E-state index contributed by atoms with van der Waals surface area (Å²) in [5.74, 6) is 0. The lowest BCUT2D eigenvalue weighted by molar-refractivity contribution is 0.585. The quantitative estimate of drug-likeness (QED) is 0.895. The van der Waals surface area contributed by atoms with Crippen LogP contribution in [0.2, 0.25) is 0 Å². The second kappa shape index (κ2) is 5.54. The smallest absolute Gasteiger partial charge is 0.175 e. The van der Waals surface area contributed by atoms with Gasteiger partial charge in [0.15, 0.2) is 9.84 Å². The fraction of sp³-hybridized carbons (Fsp3) is 0.308. The van der Waals surface area contributed by atoms with Crippen LogP contribution in [-0.4, -0.2) is 31.0 Å². The molecule has 2 aromatic rings. The largest absolute Gasteiger partial charge is 0.330 e. The Morgan fingerprint density at radius 2 is 2.11 bits per heavy atom. The molecule has 2 rings (SSSR count). The number of aryl methyl sites for hydroxylation is 1. The zero-order chi connectivity index (χ0) is 13.9. The SMILES string of the molecule is CS(=O)(=O)c1cccc(-c2cnn(CCCN)c2)c1. The maximum Gasteiger partial charge on any atom is 0.175 e. The molecule has 1 aromatic heterocycles. The molecule has 0 unspecified atom stereocenters. The van der Waals surface area contributed by atoms with Crippen LogP contribution < -0.4 is 5.73 Å². The van der Waals surface area contributed by atoms with Crippen molar-refractivity contribution in [3.63, 3.8) is 0 Å². The molecule has 1 heterocycles. The molecule has 102 valence electrons. The van der Waals surface area contributed by atoms with Crippen LogP contribution in [0.15, 0.2) is 41.6 Å².